The van der Waals surface area contributed by atoms with Crippen LogP contribution < -0.4 is 11.0 Å². The molecule has 1 aliphatic carbocycles. The highest BCUT2D eigenvalue weighted by molar-refractivity contribution is 7.18. The molecule has 8 nitrogen and oxygen atoms in total. The third-order valence-electron chi connectivity index (χ3n) is 4.69. The molecule has 1 atom stereocenters. The first kappa shape index (κ1) is 16.9. The minimum atomic E-state index is -0.618. The van der Waals surface area contributed by atoms with E-state index in [0.717, 1.165) is 24.8 Å². The van der Waals surface area contributed by atoms with Crippen molar-refractivity contribution in [2.45, 2.75) is 45.6 Å². The van der Waals surface area contributed by atoms with E-state index in [1.54, 1.807) is 11.3 Å². The minimum absolute atomic E-state index is 0.143. The highest BCUT2D eigenvalue weighted by Crippen LogP contribution is 2.35. The second-order valence-corrected chi connectivity index (χ2v) is 7.80. The lowest BCUT2D eigenvalue weighted by Crippen LogP contribution is -2.30. The van der Waals surface area contributed by atoms with E-state index >= 15 is 0 Å². The zero-order valence-corrected chi connectivity index (χ0v) is 15.1. The Balaban J connectivity index is 1.53. The van der Waals surface area contributed by atoms with E-state index < -0.39 is 5.97 Å². The lowest BCUT2D eigenvalue weighted by atomic mass is 9.89. The number of amides is 1. The Kier molecular flexibility index (Phi) is 4.31. The van der Waals surface area contributed by atoms with Gasteiger partial charge >= 0.3 is 5.97 Å². The van der Waals surface area contributed by atoms with E-state index in [2.05, 4.69) is 27.4 Å². The van der Waals surface area contributed by atoms with Crippen molar-refractivity contribution >= 4 is 39.1 Å². The lowest BCUT2D eigenvalue weighted by Gasteiger charge is -2.17. The highest BCUT2D eigenvalue weighted by atomic mass is 32.1. The largest absolute Gasteiger partial charge is 0.453 e. The number of carbonyl (C=O) groups excluding carboxylic acids is 2. The van der Waals surface area contributed by atoms with Crippen molar-refractivity contribution in [3.63, 3.8) is 0 Å². The molecule has 0 spiro atoms. The first-order chi connectivity index (χ1) is 12.5. The smallest absolute Gasteiger partial charge is 0.354 e. The molecule has 1 amide bonds. The molecule has 2 N–H and O–H groups in total. The highest BCUT2D eigenvalue weighted by Gasteiger charge is 2.24. The molecule has 3 heterocycles. The lowest BCUT2D eigenvalue weighted by molar-refractivity contribution is -0.137. The standard InChI is InChI=1S/C17H18N4O4S/c1-8-2-3-9-11(6-8)26-16-14(9)15(23)18-12(19-16)7-25-17(24)10-4-5-13(22)21-20-10/h8H,2-7H2,1H3,(H,21,22)(H,18,19,23)/t8-/m0/s1. The van der Waals surface area contributed by atoms with Crippen LogP contribution in [-0.4, -0.2) is 27.6 Å². The molecule has 0 saturated heterocycles. The Morgan fingerprint density at radius 3 is 2.92 bits per heavy atom. The van der Waals surface area contributed by atoms with Gasteiger partial charge in [-0.2, -0.15) is 5.10 Å². The van der Waals surface area contributed by atoms with Crippen molar-refractivity contribution in [1.29, 1.82) is 0 Å². The number of aryl methyl sites for hydroxylation is 1. The molecule has 0 aromatic carbocycles. The van der Waals surface area contributed by atoms with E-state index in [0.29, 0.717) is 22.0 Å². The fourth-order valence-electron chi connectivity index (χ4n) is 3.30. The number of rotatable bonds is 3. The van der Waals surface area contributed by atoms with Gasteiger partial charge in [0.25, 0.3) is 5.56 Å². The van der Waals surface area contributed by atoms with Gasteiger partial charge in [0.2, 0.25) is 5.91 Å². The Labute approximate surface area is 152 Å². The van der Waals surface area contributed by atoms with Crippen LogP contribution in [0.25, 0.3) is 10.2 Å². The molecule has 26 heavy (non-hydrogen) atoms. The van der Waals surface area contributed by atoms with Crippen molar-refractivity contribution in [2.75, 3.05) is 0 Å². The van der Waals surface area contributed by atoms with Gasteiger partial charge in [-0.15, -0.1) is 11.3 Å². The fraction of sp³-hybridized carbons (Fsp3) is 0.471. The number of ether oxygens (including phenoxy) is 1. The fourth-order valence-corrected chi connectivity index (χ4v) is 4.70. The van der Waals surface area contributed by atoms with Crippen LogP contribution in [0, 0.1) is 5.92 Å². The zero-order chi connectivity index (χ0) is 18.3. The third kappa shape index (κ3) is 3.14. The number of thiophene rings is 1. The number of carbonyl (C=O) groups is 2. The van der Waals surface area contributed by atoms with Crippen LogP contribution in [0.2, 0.25) is 0 Å². The molecule has 0 fully saturated rings. The number of esters is 1. The minimum Gasteiger partial charge on any atom is -0.453 e. The summed E-state index contributed by atoms with van der Waals surface area (Å²) in [6.45, 7) is 2.07. The number of aromatic nitrogens is 2. The van der Waals surface area contributed by atoms with E-state index in [-0.39, 0.29) is 36.6 Å². The summed E-state index contributed by atoms with van der Waals surface area (Å²) in [5.41, 5.74) is 3.35. The number of aromatic amines is 1. The summed E-state index contributed by atoms with van der Waals surface area (Å²) < 4.78 is 5.18. The van der Waals surface area contributed by atoms with Gasteiger partial charge in [-0.1, -0.05) is 6.92 Å². The normalized spacial score (nSPS) is 19.7. The summed E-state index contributed by atoms with van der Waals surface area (Å²) in [4.78, 5) is 44.7. The van der Waals surface area contributed by atoms with Crippen molar-refractivity contribution in [2.24, 2.45) is 11.0 Å². The molecule has 2 aromatic heterocycles. The first-order valence-electron chi connectivity index (χ1n) is 8.57. The summed E-state index contributed by atoms with van der Waals surface area (Å²) in [7, 11) is 0. The molecular formula is C17H18N4O4S. The third-order valence-corrected chi connectivity index (χ3v) is 5.84. The van der Waals surface area contributed by atoms with Crippen LogP contribution >= 0.6 is 11.3 Å². The Morgan fingerprint density at radius 2 is 2.15 bits per heavy atom. The molecule has 9 heteroatoms. The molecule has 4 rings (SSSR count). The van der Waals surface area contributed by atoms with Crippen LogP contribution in [0.1, 0.15) is 42.5 Å². The summed E-state index contributed by atoms with van der Waals surface area (Å²) in [6.07, 6.45) is 3.40. The molecule has 0 unspecified atom stereocenters. The maximum Gasteiger partial charge on any atom is 0.354 e. The topological polar surface area (TPSA) is 114 Å². The maximum atomic E-state index is 12.5. The maximum absolute atomic E-state index is 12.5. The Hall–Kier alpha value is -2.55. The summed E-state index contributed by atoms with van der Waals surface area (Å²) >= 11 is 1.55. The number of nitrogens with zero attached hydrogens (tertiary/aromatic N) is 2. The van der Waals surface area contributed by atoms with Crippen LogP contribution in [0.15, 0.2) is 9.90 Å². The Bertz CT molecular complexity index is 991. The van der Waals surface area contributed by atoms with Gasteiger partial charge in [-0.05, 0) is 30.7 Å². The van der Waals surface area contributed by atoms with Gasteiger partial charge < -0.3 is 9.72 Å². The van der Waals surface area contributed by atoms with Crippen LogP contribution in [0.5, 0.6) is 0 Å². The number of H-pyrrole nitrogens is 1. The summed E-state index contributed by atoms with van der Waals surface area (Å²) in [5.74, 6) is 0.0794. The average molecular weight is 374 g/mol. The molecule has 0 saturated carbocycles. The number of hydrogen-bond donors (Lipinski definition) is 2. The van der Waals surface area contributed by atoms with Gasteiger partial charge in [0, 0.05) is 17.7 Å². The van der Waals surface area contributed by atoms with Gasteiger partial charge in [0.05, 0.1) is 5.39 Å². The number of fused-ring (bicyclic) bond motifs is 3. The van der Waals surface area contributed by atoms with Crippen molar-refractivity contribution < 1.29 is 14.3 Å². The zero-order valence-electron chi connectivity index (χ0n) is 14.3. The Morgan fingerprint density at radius 1 is 1.31 bits per heavy atom. The molecule has 0 bridgehead atoms. The van der Waals surface area contributed by atoms with Gasteiger partial charge in [0.1, 0.15) is 23.0 Å². The molecule has 0 radical (unpaired) electrons. The second kappa shape index (κ2) is 6.64. The second-order valence-electron chi connectivity index (χ2n) is 6.71. The van der Waals surface area contributed by atoms with Crippen LogP contribution in [-0.2, 0) is 33.8 Å². The van der Waals surface area contributed by atoms with Gasteiger partial charge in [-0.25, -0.2) is 15.2 Å². The van der Waals surface area contributed by atoms with Crippen LogP contribution in [0.4, 0.5) is 0 Å². The molecule has 2 aliphatic rings. The van der Waals surface area contributed by atoms with E-state index in [4.69, 9.17) is 4.74 Å². The van der Waals surface area contributed by atoms with Gasteiger partial charge in [-0.3, -0.25) is 9.59 Å². The van der Waals surface area contributed by atoms with Crippen molar-refractivity contribution in [1.82, 2.24) is 15.4 Å². The number of hydrazone groups is 1. The van der Waals surface area contributed by atoms with Crippen molar-refractivity contribution in [3.8, 4) is 0 Å². The van der Waals surface area contributed by atoms with Gasteiger partial charge in [0.15, 0.2) is 0 Å². The summed E-state index contributed by atoms with van der Waals surface area (Å²) in [6, 6.07) is 0. The SMILES string of the molecule is C[C@H]1CCc2c(sc3nc(COC(=O)C4=NNC(=O)CC4)[nH]c(=O)c23)C1. The van der Waals surface area contributed by atoms with E-state index in [1.165, 1.54) is 4.88 Å². The first-order valence-corrected chi connectivity index (χ1v) is 9.39. The van der Waals surface area contributed by atoms with Crippen molar-refractivity contribution in [3.05, 3.63) is 26.6 Å². The summed E-state index contributed by atoms with van der Waals surface area (Å²) in [5, 5.41) is 4.37. The number of hydrogen-bond acceptors (Lipinski definition) is 7. The molecular weight excluding hydrogens is 356 g/mol. The van der Waals surface area contributed by atoms with E-state index in [9.17, 15) is 14.4 Å². The predicted molar refractivity (Wildman–Crippen MR) is 96.0 cm³/mol. The quantitative estimate of drug-likeness (QED) is 0.789. The molecule has 2 aromatic rings. The van der Waals surface area contributed by atoms with Crippen LogP contribution in [0.3, 0.4) is 0 Å². The van der Waals surface area contributed by atoms with E-state index in [1.807, 2.05) is 0 Å². The average Bonchev–Trinajstić information content (AvgIpc) is 2.98. The number of nitrogens with one attached hydrogen (secondary N) is 2. The molecule has 136 valence electrons. The molecule has 1 aliphatic heterocycles. The monoisotopic (exact) mass is 374 g/mol. The predicted octanol–water partition coefficient (Wildman–Crippen LogP) is 1.42.